The Morgan fingerprint density at radius 3 is 2.52 bits per heavy atom. The normalized spacial score (nSPS) is 19.4. The van der Waals surface area contributed by atoms with Gasteiger partial charge < -0.3 is 14.4 Å². The van der Waals surface area contributed by atoms with Crippen LogP contribution in [0.5, 0.6) is 5.75 Å². The molecule has 0 spiro atoms. The zero-order valence-corrected chi connectivity index (χ0v) is 15.9. The zero-order chi connectivity index (χ0) is 18.0. The molecule has 1 amide bonds. The maximum absolute atomic E-state index is 12.2. The van der Waals surface area contributed by atoms with Gasteiger partial charge in [0.05, 0.1) is 7.11 Å². The van der Waals surface area contributed by atoms with Crippen LogP contribution in [0.3, 0.4) is 0 Å². The van der Waals surface area contributed by atoms with Crippen LogP contribution in [0, 0.1) is 0 Å². The maximum Gasteiger partial charge on any atom is 0.410 e. The van der Waals surface area contributed by atoms with Crippen LogP contribution >= 0.6 is 0 Å². The number of amides is 1. The van der Waals surface area contributed by atoms with Gasteiger partial charge in [-0.15, -0.1) is 0 Å². The molecule has 25 heavy (non-hydrogen) atoms. The fraction of sp³-hybridized carbons (Fsp3) is 0.650. The molecule has 1 aromatic rings. The van der Waals surface area contributed by atoms with E-state index in [1.165, 1.54) is 11.1 Å². The summed E-state index contributed by atoms with van der Waals surface area (Å²) in [6, 6.07) is 6.86. The summed E-state index contributed by atoms with van der Waals surface area (Å²) in [5, 5.41) is 0. The highest BCUT2D eigenvalue weighted by Gasteiger charge is 2.31. The van der Waals surface area contributed by atoms with Crippen LogP contribution in [0.15, 0.2) is 18.2 Å². The number of benzene rings is 1. The number of ether oxygens (including phenoxy) is 2. The molecule has 5 nitrogen and oxygen atoms in total. The van der Waals surface area contributed by atoms with Gasteiger partial charge in [-0.05, 0) is 51.7 Å². The van der Waals surface area contributed by atoms with E-state index in [2.05, 4.69) is 17.0 Å². The quantitative estimate of drug-likeness (QED) is 0.822. The van der Waals surface area contributed by atoms with E-state index in [-0.39, 0.29) is 6.09 Å². The minimum absolute atomic E-state index is 0.184. The third kappa shape index (κ3) is 4.27. The van der Waals surface area contributed by atoms with Crippen molar-refractivity contribution in [1.29, 1.82) is 0 Å². The van der Waals surface area contributed by atoms with Crippen LogP contribution in [-0.2, 0) is 17.7 Å². The molecule has 1 fully saturated rings. The van der Waals surface area contributed by atoms with Gasteiger partial charge in [0, 0.05) is 37.8 Å². The minimum Gasteiger partial charge on any atom is -0.496 e. The molecule has 5 heteroatoms. The maximum atomic E-state index is 12.2. The van der Waals surface area contributed by atoms with Gasteiger partial charge in [0.15, 0.2) is 0 Å². The second-order valence-corrected chi connectivity index (χ2v) is 8.02. The van der Waals surface area contributed by atoms with Crippen molar-refractivity contribution >= 4 is 6.09 Å². The number of likely N-dealkylation sites (tertiary alicyclic amines) is 1. The van der Waals surface area contributed by atoms with Crippen LogP contribution in [0.1, 0.15) is 44.7 Å². The summed E-state index contributed by atoms with van der Waals surface area (Å²) in [6.07, 6.45) is 2.89. The lowest BCUT2D eigenvalue weighted by atomic mass is 9.95. The highest BCUT2D eigenvalue weighted by atomic mass is 16.6. The van der Waals surface area contributed by atoms with Crippen LogP contribution < -0.4 is 4.74 Å². The Labute approximate surface area is 150 Å². The van der Waals surface area contributed by atoms with Crippen molar-refractivity contribution < 1.29 is 14.3 Å². The lowest BCUT2D eigenvalue weighted by molar-refractivity contribution is 0.0133. The average Bonchev–Trinajstić information content (AvgIpc) is 2.59. The van der Waals surface area contributed by atoms with Crippen molar-refractivity contribution in [1.82, 2.24) is 9.80 Å². The number of carbonyl (C=O) groups is 1. The first-order valence-corrected chi connectivity index (χ1v) is 9.24. The summed E-state index contributed by atoms with van der Waals surface area (Å²) >= 11 is 0. The van der Waals surface area contributed by atoms with E-state index < -0.39 is 5.60 Å². The molecule has 0 bridgehead atoms. The van der Waals surface area contributed by atoms with Crippen molar-refractivity contribution in [2.75, 3.05) is 26.7 Å². The Balaban J connectivity index is 1.58. The molecule has 0 aromatic heterocycles. The molecule has 0 atom stereocenters. The third-order valence-electron chi connectivity index (χ3n) is 5.11. The lowest BCUT2D eigenvalue weighted by Crippen LogP contribution is -2.49. The van der Waals surface area contributed by atoms with E-state index in [4.69, 9.17) is 9.47 Å². The molecule has 2 aliphatic heterocycles. The predicted molar refractivity (Wildman–Crippen MR) is 97.9 cm³/mol. The van der Waals surface area contributed by atoms with E-state index in [0.717, 1.165) is 51.2 Å². The van der Waals surface area contributed by atoms with Crippen LogP contribution in [0.25, 0.3) is 0 Å². The molecule has 0 saturated carbocycles. The van der Waals surface area contributed by atoms with Gasteiger partial charge in [0.2, 0.25) is 0 Å². The Hall–Kier alpha value is -1.75. The topological polar surface area (TPSA) is 42.0 Å². The van der Waals surface area contributed by atoms with E-state index in [9.17, 15) is 4.79 Å². The van der Waals surface area contributed by atoms with Gasteiger partial charge in [-0.2, -0.15) is 0 Å². The molecule has 0 N–H and O–H groups in total. The molecule has 1 saturated heterocycles. The molecule has 2 heterocycles. The van der Waals surface area contributed by atoms with Crippen LogP contribution in [-0.4, -0.2) is 54.3 Å². The van der Waals surface area contributed by atoms with Crippen LogP contribution in [0.2, 0.25) is 0 Å². The third-order valence-corrected chi connectivity index (χ3v) is 5.11. The zero-order valence-electron chi connectivity index (χ0n) is 15.9. The SMILES string of the molecule is COc1cccc2c1CN(C1CCN(C(=O)OC(C)(C)C)CC1)CC2. The smallest absolute Gasteiger partial charge is 0.410 e. The first kappa shape index (κ1) is 18.1. The average molecular weight is 346 g/mol. The summed E-state index contributed by atoms with van der Waals surface area (Å²) in [4.78, 5) is 16.6. The Kier molecular flexibility index (Phi) is 5.23. The molecular weight excluding hydrogens is 316 g/mol. The van der Waals surface area contributed by atoms with Crippen molar-refractivity contribution in [2.24, 2.45) is 0 Å². The molecule has 3 rings (SSSR count). The summed E-state index contributed by atoms with van der Waals surface area (Å²) in [5.41, 5.74) is 2.30. The Morgan fingerprint density at radius 2 is 1.88 bits per heavy atom. The van der Waals surface area contributed by atoms with Gasteiger partial charge in [0.1, 0.15) is 11.4 Å². The first-order valence-electron chi connectivity index (χ1n) is 9.24. The largest absolute Gasteiger partial charge is 0.496 e. The molecule has 0 unspecified atom stereocenters. The summed E-state index contributed by atoms with van der Waals surface area (Å²) < 4.78 is 11.0. The Bertz CT molecular complexity index is 602. The van der Waals surface area contributed by atoms with Gasteiger partial charge in [0.25, 0.3) is 0 Å². The molecule has 0 aliphatic carbocycles. The summed E-state index contributed by atoms with van der Waals surface area (Å²) in [5.74, 6) is 0.994. The number of nitrogens with zero attached hydrogens (tertiary/aromatic N) is 2. The second kappa shape index (κ2) is 7.24. The van der Waals surface area contributed by atoms with E-state index in [0.29, 0.717) is 6.04 Å². The van der Waals surface area contributed by atoms with Crippen molar-refractivity contribution in [2.45, 2.75) is 58.2 Å². The number of hydrogen-bond acceptors (Lipinski definition) is 4. The monoisotopic (exact) mass is 346 g/mol. The number of fused-ring (bicyclic) bond motifs is 1. The highest BCUT2D eigenvalue weighted by molar-refractivity contribution is 5.68. The number of hydrogen-bond donors (Lipinski definition) is 0. The molecule has 138 valence electrons. The number of piperidine rings is 1. The van der Waals surface area contributed by atoms with E-state index in [1.807, 2.05) is 31.7 Å². The highest BCUT2D eigenvalue weighted by Crippen LogP contribution is 2.31. The second-order valence-electron chi connectivity index (χ2n) is 8.02. The number of methoxy groups -OCH3 is 1. The molecule has 2 aliphatic rings. The van der Waals surface area contributed by atoms with Gasteiger partial charge in [-0.1, -0.05) is 12.1 Å². The van der Waals surface area contributed by atoms with Gasteiger partial charge in [-0.25, -0.2) is 4.79 Å². The van der Waals surface area contributed by atoms with E-state index in [1.54, 1.807) is 7.11 Å². The van der Waals surface area contributed by atoms with Gasteiger partial charge >= 0.3 is 6.09 Å². The van der Waals surface area contributed by atoms with Crippen molar-refractivity contribution in [3.63, 3.8) is 0 Å². The van der Waals surface area contributed by atoms with Gasteiger partial charge in [-0.3, -0.25) is 4.90 Å². The summed E-state index contributed by atoms with van der Waals surface area (Å²) in [7, 11) is 1.74. The number of rotatable bonds is 2. The van der Waals surface area contributed by atoms with Crippen molar-refractivity contribution in [3.05, 3.63) is 29.3 Å². The predicted octanol–water partition coefficient (Wildman–Crippen LogP) is 3.45. The van der Waals surface area contributed by atoms with Crippen molar-refractivity contribution in [3.8, 4) is 5.75 Å². The lowest BCUT2D eigenvalue weighted by Gasteiger charge is -2.41. The minimum atomic E-state index is -0.429. The number of carbonyl (C=O) groups excluding carboxylic acids is 1. The fourth-order valence-corrected chi connectivity index (χ4v) is 3.81. The molecular formula is C20H30N2O3. The summed E-state index contributed by atoms with van der Waals surface area (Å²) in [6.45, 7) is 9.31. The van der Waals surface area contributed by atoms with Crippen LogP contribution in [0.4, 0.5) is 4.79 Å². The molecule has 1 aromatic carbocycles. The first-order chi connectivity index (χ1) is 11.9. The Morgan fingerprint density at radius 1 is 1.16 bits per heavy atom. The molecule has 0 radical (unpaired) electrons. The van der Waals surface area contributed by atoms with E-state index >= 15 is 0 Å². The fourth-order valence-electron chi connectivity index (χ4n) is 3.81. The standard InChI is InChI=1S/C20H30N2O3/c1-20(2,3)25-19(23)21-12-9-16(10-13-21)22-11-8-15-6-5-7-18(24-4)17(15)14-22/h5-7,16H,8-14H2,1-4H3.